The van der Waals surface area contributed by atoms with Crippen LogP contribution in [0.25, 0.3) is 0 Å². The molecule has 0 bridgehead atoms. The molecular weight excluding hydrogens is 248 g/mol. The van der Waals surface area contributed by atoms with E-state index in [2.05, 4.69) is 42.4 Å². The molecule has 1 fully saturated rings. The molecule has 2 atom stereocenters. The molecule has 3 heteroatoms. The zero-order chi connectivity index (χ0) is 14.4. The first-order valence-corrected chi connectivity index (χ1v) is 7.74. The lowest BCUT2D eigenvalue weighted by atomic mass is 9.92. The molecule has 1 aliphatic rings. The van der Waals surface area contributed by atoms with Crippen LogP contribution in [0.3, 0.4) is 0 Å². The second-order valence-electron chi connectivity index (χ2n) is 6.01. The van der Waals surface area contributed by atoms with Crippen molar-refractivity contribution in [2.45, 2.75) is 32.2 Å². The monoisotopic (exact) mass is 276 g/mol. The standard InChI is InChI=1S/C17H28N2O/c1-14(16-7-5-11-19(2)13-16)18-10-9-15-6-4-8-17(12-15)20-3/h4,6,8,12,14,16,18H,5,7,9-11,13H2,1-3H3. The molecular formula is C17H28N2O. The SMILES string of the molecule is COc1cccc(CCNC(C)C2CCCN(C)C2)c1. The van der Waals surface area contributed by atoms with E-state index < -0.39 is 0 Å². The minimum absolute atomic E-state index is 0.600. The maximum atomic E-state index is 5.26. The number of nitrogens with zero attached hydrogens (tertiary/aromatic N) is 1. The van der Waals surface area contributed by atoms with Crippen molar-refractivity contribution in [3.8, 4) is 5.75 Å². The van der Waals surface area contributed by atoms with Gasteiger partial charge in [0, 0.05) is 12.6 Å². The lowest BCUT2D eigenvalue weighted by Crippen LogP contribution is -2.43. The van der Waals surface area contributed by atoms with Crippen molar-refractivity contribution in [1.29, 1.82) is 0 Å². The van der Waals surface area contributed by atoms with Gasteiger partial charge < -0.3 is 15.0 Å². The zero-order valence-corrected chi connectivity index (χ0v) is 13.1. The smallest absolute Gasteiger partial charge is 0.119 e. The van der Waals surface area contributed by atoms with Crippen molar-refractivity contribution in [2.24, 2.45) is 5.92 Å². The number of rotatable bonds is 6. The Morgan fingerprint density at radius 2 is 2.30 bits per heavy atom. The van der Waals surface area contributed by atoms with Gasteiger partial charge in [0.15, 0.2) is 0 Å². The van der Waals surface area contributed by atoms with Gasteiger partial charge in [-0.3, -0.25) is 0 Å². The first-order valence-electron chi connectivity index (χ1n) is 7.74. The molecule has 1 aromatic rings. The highest BCUT2D eigenvalue weighted by Crippen LogP contribution is 2.18. The van der Waals surface area contributed by atoms with Gasteiger partial charge in [0.1, 0.15) is 5.75 Å². The lowest BCUT2D eigenvalue weighted by molar-refractivity contribution is 0.179. The highest BCUT2D eigenvalue weighted by molar-refractivity contribution is 5.28. The van der Waals surface area contributed by atoms with Crippen LogP contribution in [-0.4, -0.2) is 44.7 Å². The van der Waals surface area contributed by atoms with E-state index in [0.717, 1.165) is 24.6 Å². The number of methoxy groups -OCH3 is 1. The van der Waals surface area contributed by atoms with E-state index in [0.29, 0.717) is 6.04 Å². The minimum Gasteiger partial charge on any atom is -0.497 e. The molecule has 0 aromatic heterocycles. The van der Waals surface area contributed by atoms with E-state index in [1.54, 1.807) is 7.11 Å². The van der Waals surface area contributed by atoms with E-state index in [1.165, 1.54) is 31.5 Å². The molecule has 0 spiro atoms. The minimum atomic E-state index is 0.600. The molecule has 0 radical (unpaired) electrons. The Morgan fingerprint density at radius 3 is 3.05 bits per heavy atom. The molecule has 2 rings (SSSR count). The predicted octanol–water partition coefficient (Wildman–Crippen LogP) is 2.56. The Kier molecular flexibility index (Phi) is 5.86. The van der Waals surface area contributed by atoms with Crippen molar-refractivity contribution >= 4 is 0 Å². The first-order chi connectivity index (χ1) is 9.69. The van der Waals surface area contributed by atoms with Gasteiger partial charge in [0.2, 0.25) is 0 Å². The molecule has 1 aromatic carbocycles. The molecule has 0 aliphatic carbocycles. The largest absolute Gasteiger partial charge is 0.497 e. The molecule has 3 nitrogen and oxygen atoms in total. The van der Waals surface area contributed by atoms with Gasteiger partial charge in [-0.1, -0.05) is 12.1 Å². The fourth-order valence-corrected chi connectivity index (χ4v) is 3.05. The van der Waals surface area contributed by atoms with Gasteiger partial charge in [-0.15, -0.1) is 0 Å². The van der Waals surface area contributed by atoms with Crippen LogP contribution in [-0.2, 0) is 6.42 Å². The van der Waals surface area contributed by atoms with E-state index in [4.69, 9.17) is 4.74 Å². The van der Waals surface area contributed by atoms with Gasteiger partial charge in [-0.25, -0.2) is 0 Å². The molecule has 1 aliphatic heterocycles. The Balaban J connectivity index is 1.74. The van der Waals surface area contributed by atoms with E-state index in [9.17, 15) is 0 Å². The summed E-state index contributed by atoms with van der Waals surface area (Å²) in [6, 6.07) is 8.96. The molecule has 1 saturated heterocycles. The Labute approximate surface area is 123 Å². The van der Waals surface area contributed by atoms with Gasteiger partial charge >= 0.3 is 0 Å². The number of nitrogens with one attached hydrogen (secondary N) is 1. The topological polar surface area (TPSA) is 24.5 Å². The fourth-order valence-electron chi connectivity index (χ4n) is 3.05. The van der Waals surface area contributed by atoms with Crippen LogP contribution in [0.5, 0.6) is 5.75 Å². The first kappa shape index (κ1) is 15.3. The molecule has 2 unspecified atom stereocenters. The molecule has 0 amide bonds. The summed E-state index contributed by atoms with van der Waals surface area (Å²) in [5.74, 6) is 1.74. The van der Waals surface area contributed by atoms with Crippen LogP contribution in [0.4, 0.5) is 0 Å². The van der Waals surface area contributed by atoms with Gasteiger partial charge in [0.25, 0.3) is 0 Å². The molecule has 112 valence electrons. The summed E-state index contributed by atoms with van der Waals surface area (Å²) in [6.45, 7) is 5.85. The van der Waals surface area contributed by atoms with Gasteiger partial charge in [-0.2, -0.15) is 0 Å². The Morgan fingerprint density at radius 1 is 1.45 bits per heavy atom. The summed E-state index contributed by atoms with van der Waals surface area (Å²) in [7, 11) is 3.95. The van der Waals surface area contributed by atoms with Crippen LogP contribution >= 0.6 is 0 Å². The van der Waals surface area contributed by atoms with Crippen LogP contribution in [0, 0.1) is 5.92 Å². The number of hydrogen-bond donors (Lipinski definition) is 1. The van der Waals surface area contributed by atoms with Crippen molar-refractivity contribution in [3.05, 3.63) is 29.8 Å². The van der Waals surface area contributed by atoms with Crippen molar-refractivity contribution < 1.29 is 4.74 Å². The third-order valence-corrected chi connectivity index (χ3v) is 4.38. The maximum Gasteiger partial charge on any atom is 0.119 e. The quantitative estimate of drug-likeness (QED) is 0.864. The Hall–Kier alpha value is -1.06. The van der Waals surface area contributed by atoms with E-state index >= 15 is 0 Å². The van der Waals surface area contributed by atoms with Crippen LogP contribution in [0.15, 0.2) is 24.3 Å². The molecule has 20 heavy (non-hydrogen) atoms. The average molecular weight is 276 g/mol. The number of piperidine rings is 1. The summed E-state index contributed by atoms with van der Waals surface area (Å²) < 4.78 is 5.26. The van der Waals surface area contributed by atoms with Crippen molar-refractivity contribution in [3.63, 3.8) is 0 Å². The number of likely N-dealkylation sites (tertiary alicyclic amines) is 1. The molecule has 0 saturated carbocycles. The summed E-state index contributed by atoms with van der Waals surface area (Å²) in [4.78, 5) is 2.45. The van der Waals surface area contributed by atoms with Crippen LogP contribution in [0.2, 0.25) is 0 Å². The second kappa shape index (κ2) is 7.65. The normalized spacial score (nSPS) is 21.6. The maximum absolute atomic E-state index is 5.26. The Bertz CT molecular complexity index is 408. The molecule has 1 heterocycles. The van der Waals surface area contributed by atoms with Crippen molar-refractivity contribution in [2.75, 3.05) is 33.8 Å². The van der Waals surface area contributed by atoms with E-state index in [-0.39, 0.29) is 0 Å². The van der Waals surface area contributed by atoms with Crippen LogP contribution < -0.4 is 10.1 Å². The summed E-state index contributed by atoms with van der Waals surface area (Å²) >= 11 is 0. The number of hydrogen-bond acceptors (Lipinski definition) is 3. The molecule has 1 N–H and O–H groups in total. The third-order valence-electron chi connectivity index (χ3n) is 4.38. The van der Waals surface area contributed by atoms with Crippen LogP contribution in [0.1, 0.15) is 25.3 Å². The highest BCUT2D eigenvalue weighted by atomic mass is 16.5. The number of ether oxygens (including phenoxy) is 1. The zero-order valence-electron chi connectivity index (χ0n) is 13.1. The number of benzene rings is 1. The van der Waals surface area contributed by atoms with E-state index in [1.807, 2.05) is 6.07 Å². The summed E-state index contributed by atoms with van der Waals surface area (Å²) in [5.41, 5.74) is 1.34. The van der Waals surface area contributed by atoms with Gasteiger partial charge in [-0.05, 0) is 69.9 Å². The third kappa shape index (κ3) is 4.50. The lowest BCUT2D eigenvalue weighted by Gasteiger charge is -2.34. The average Bonchev–Trinajstić information content (AvgIpc) is 2.47. The van der Waals surface area contributed by atoms with Crippen molar-refractivity contribution in [1.82, 2.24) is 10.2 Å². The highest BCUT2D eigenvalue weighted by Gasteiger charge is 2.22. The predicted molar refractivity (Wildman–Crippen MR) is 84.4 cm³/mol. The fraction of sp³-hybridized carbons (Fsp3) is 0.647. The van der Waals surface area contributed by atoms with Gasteiger partial charge in [0.05, 0.1) is 7.11 Å². The second-order valence-corrected chi connectivity index (χ2v) is 6.01. The summed E-state index contributed by atoms with van der Waals surface area (Å²) in [5, 5.41) is 3.69. The summed E-state index contributed by atoms with van der Waals surface area (Å²) in [6.07, 6.45) is 3.75.